The van der Waals surface area contributed by atoms with Gasteiger partial charge < -0.3 is 9.47 Å². The fourth-order valence-corrected chi connectivity index (χ4v) is 3.41. The van der Waals surface area contributed by atoms with Crippen molar-refractivity contribution < 1.29 is 9.47 Å². The molecular formula is C13H11BrCl2O2S. The maximum absolute atomic E-state index is 6.00. The highest BCUT2D eigenvalue weighted by Crippen LogP contribution is 2.36. The van der Waals surface area contributed by atoms with Gasteiger partial charge in [0.2, 0.25) is 0 Å². The maximum atomic E-state index is 6.00. The van der Waals surface area contributed by atoms with E-state index in [0.29, 0.717) is 29.0 Å². The van der Waals surface area contributed by atoms with Gasteiger partial charge in [0.25, 0.3) is 0 Å². The molecule has 19 heavy (non-hydrogen) atoms. The quantitative estimate of drug-likeness (QED) is 0.637. The Labute approximate surface area is 134 Å². The van der Waals surface area contributed by atoms with Crippen molar-refractivity contribution in [1.82, 2.24) is 0 Å². The average molecular weight is 382 g/mol. The number of methoxy groups -OCH3 is 1. The second-order valence-corrected chi connectivity index (χ2v) is 6.27. The zero-order chi connectivity index (χ0) is 13.8. The van der Waals surface area contributed by atoms with Crippen LogP contribution in [-0.2, 0) is 12.5 Å². The van der Waals surface area contributed by atoms with E-state index in [1.54, 1.807) is 30.6 Å². The molecule has 0 spiro atoms. The first-order valence-corrected chi connectivity index (χ1v) is 8.01. The number of thiophene rings is 1. The van der Waals surface area contributed by atoms with Crippen LogP contribution in [0.5, 0.6) is 11.5 Å². The van der Waals surface area contributed by atoms with Crippen LogP contribution < -0.4 is 9.47 Å². The van der Waals surface area contributed by atoms with Crippen molar-refractivity contribution in [3.8, 4) is 11.5 Å². The summed E-state index contributed by atoms with van der Waals surface area (Å²) in [5, 5.41) is 2.58. The molecule has 2 nitrogen and oxygen atoms in total. The van der Waals surface area contributed by atoms with Crippen LogP contribution in [0.3, 0.4) is 0 Å². The number of ether oxygens (including phenoxy) is 2. The van der Waals surface area contributed by atoms with Crippen LogP contribution >= 0.6 is 50.5 Å². The summed E-state index contributed by atoms with van der Waals surface area (Å²) >= 11 is 17.0. The van der Waals surface area contributed by atoms with Crippen molar-refractivity contribution in [2.24, 2.45) is 0 Å². The largest absolute Gasteiger partial charge is 0.493 e. The Balaban J connectivity index is 2.26. The molecule has 1 aromatic carbocycles. The summed E-state index contributed by atoms with van der Waals surface area (Å²) < 4.78 is 12.2. The smallest absolute Gasteiger partial charge is 0.166 e. The molecule has 6 heteroatoms. The first kappa shape index (κ1) is 15.0. The molecule has 0 unspecified atom stereocenters. The zero-order valence-corrected chi connectivity index (χ0v) is 14.0. The SMILES string of the molecule is COc1cc(Cl)cc(CCl)c1OCc1sccc1Br. The van der Waals surface area contributed by atoms with Gasteiger partial charge in [-0.3, -0.25) is 0 Å². The van der Waals surface area contributed by atoms with Gasteiger partial charge in [-0.2, -0.15) is 0 Å². The first-order chi connectivity index (χ1) is 9.15. The van der Waals surface area contributed by atoms with E-state index in [9.17, 15) is 0 Å². The van der Waals surface area contributed by atoms with Gasteiger partial charge in [0, 0.05) is 21.1 Å². The van der Waals surface area contributed by atoms with Crippen LogP contribution in [0.25, 0.3) is 0 Å². The zero-order valence-electron chi connectivity index (χ0n) is 10.1. The van der Waals surface area contributed by atoms with E-state index < -0.39 is 0 Å². The normalized spacial score (nSPS) is 10.5. The second kappa shape index (κ2) is 6.84. The Kier molecular flexibility index (Phi) is 5.39. The van der Waals surface area contributed by atoms with Crippen LogP contribution in [0.2, 0.25) is 5.02 Å². The molecule has 0 atom stereocenters. The second-order valence-electron chi connectivity index (χ2n) is 3.71. The third-order valence-corrected chi connectivity index (χ3v) is 4.91. The third kappa shape index (κ3) is 3.57. The molecule has 0 aliphatic heterocycles. The lowest BCUT2D eigenvalue weighted by Gasteiger charge is -2.14. The van der Waals surface area contributed by atoms with Crippen LogP contribution in [0, 0.1) is 0 Å². The molecule has 0 saturated heterocycles. The predicted molar refractivity (Wildman–Crippen MR) is 83.9 cm³/mol. The molecular weight excluding hydrogens is 371 g/mol. The number of halogens is 3. The molecule has 0 aliphatic rings. The van der Waals surface area contributed by atoms with Gasteiger partial charge in [-0.05, 0) is 33.4 Å². The number of alkyl halides is 1. The highest BCUT2D eigenvalue weighted by molar-refractivity contribution is 9.10. The van der Waals surface area contributed by atoms with Crippen LogP contribution in [0.1, 0.15) is 10.4 Å². The Morgan fingerprint density at radius 2 is 2.16 bits per heavy atom. The van der Waals surface area contributed by atoms with Crippen molar-refractivity contribution in [3.05, 3.63) is 43.5 Å². The molecule has 1 aromatic heterocycles. The van der Waals surface area contributed by atoms with Gasteiger partial charge in [0.15, 0.2) is 11.5 Å². The summed E-state index contributed by atoms with van der Waals surface area (Å²) in [5.74, 6) is 1.55. The van der Waals surface area contributed by atoms with E-state index in [1.165, 1.54) is 0 Å². The van der Waals surface area contributed by atoms with Crippen molar-refractivity contribution in [2.75, 3.05) is 7.11 Å². The Hall–Kier alpha value is -0.420. The fourth-order valence-electron chi connectivity index (χ4n) is 1.60. The van der Waals surface area contributed by atoms with Gasteiger partial charge in [-0.1, -0.05) is 11.6 Å². The lowest BCUT2D eigenvalue weighted by molar-refractivity contribution is 0.284. The van der Waals surface area contributed by atoms with Crippen molar-refractivity contribution in [1.29, 1.82) is 0 Å². The summed E-state index contributed by atoms with van der Waals surface area (Å²) in [6.45, 7) is 0.458. The minimum atomic E-state index is 0.317. The lowest BCUT2D eigenvalue weighted by atomic mass is 10.2. The van der Waals surface area contributed by atoms with E-state index >= 15 is 0 Å². The molecule has 2 rings (SSSR count). The topological polar surface area (TPSA) is 18.5 Å². The minimum Gasteiger partial charge on any atom is -0.493 e. The average Bonchev–Trinajstić information content (AvgIpc) is 2.81. The van der Waals surface area contributed by atoms with E-state index in [0.717, 1.165) is 14.9 Å². The van der Waals surface area contributed by atoms with E-state index in [-0.39, 0.29) is 0 Å². The molecule has 0 amide bonds. The monoisotopic (exact) mass is 380 g/mol. The minimum absolute atomic E-state index is 0.317. The van der Waals surface area contributed by atoms with Gasteiger partial charge in [-0.25, -0.2) is 0 Å². The van der Waals surface area contributed by atoms with Gasteiger partial charge in [0.1, 0.15) is 6.61 Å². The highest BCUT2D eigenvalue weighted by Gasteiger charge is 2.13. The molecule has 2 aromatic rings. The van der Waals surface area contributed by atoms with Crippen LogP contribution in [0.15, 0.2) is 28.1 Å². The molecule has 0 radical (unpaired) electrons. The molecule has 0 bridgehead atoms. The molecule has 102 valence electrons. The van der Waals surface area contributed by atoms with Crippen LogP contribution in [0.4, 0.5) is 0 Å². The molecule has 0 N–H and O–H groups in total. The summed E-state index contributed by atoms with van der Waals surface area (Å²) in [6.07, 6.45) is 0. The van der Waals surface area contributed by atoms with Crippen LogP contribution in [-0.4, -0.2) is 7.11 Å². The molecule has 1 heterocycles. The fraction of sp³-hybridized carbons (Fsp3) is 0.231. The summed E-state index contributed by atoms with van der Waals surface area (Å²) in [6, 6.07) is 5.50. The number of rotatable bonds is 5. The summed E-state index contributed by atoms with van der Waals surface area (Å²) in [4.78, 5) is 1.11. The number of hydrogen-bond acceptors (Lipinski definition) is 3. The van der Waals surface area contributed by atoms with Gasteiger partial charge in [0.05, 0.1) is 17.9 Å². The molecule has 0 saturated carbocycles. The standard InChI is InChI=1S/C13H11BrCl2O2S/c1-17-11-5-9(16)4-8(6-15)13(11)18-7-12-10(14)2-3-19-12/h2-5H,6-7H2,1H3. The summed E-state index contributed by atoms with van der Waals surface area (Å²) in [5.41, 5.74) is 0.818. The van der Waals surface area contributed by atoms with E-state index in [1.807, 2.05) is 11.4 Å². The maximum Gasteiger partial charge on any atom is 0.166 e. The number of benzene rings is 1. The number of hydrogen-bond donors (Lipinski definition) is 0. The van der Waals surface area contributed by atoms with Crippen molar-refractivity contribution in [2.45, 2.75) is 12.5 Å². The first-order valence-electron chi connectivity index (χ1n) is 5.42. The third-order valence-electron chi connectivity index (χ3n) is 2.50. The Bertz CT molecular complexity index is 547. The van der Waals surface area contributed by atoms with Gasteiger partial charge in [-0.15, -0.1) is 22.9 Å². The highest BCUT2D eigenvalue weighted by atomic mass is 79.9. The summed E-state index contributed by atoms with van der Waals surface area (Å²) in [7, 11) is 1.58. The van der Waals surface area contributed by atoms with E-state index in [2.05, 4.69) is 15.9 Å². The lowest BCUT2D eigenvalue weighted by Crippen LogP contribution is -2.00. The van der Waals surface area contributed by atoms with Crippen molar-refractivity contribution >= 4 is 50.5 Å². The van der Waals surface area contributed by atoms with E-state index in [4.69, 9.17) is 32.7 Å². The predicted octanol–water partition coefficient (Wildman–Crippen LogP) is 5.49. The Morgan fingerprint density at radius 3 is 2.74 bits per heavy atom. The Morgan fingerprint density at radius 1 is 1.37 bits per heavy atom. The van der Waals surface area contributed by atoms with Gasteiger partial charge >= 0.3 is 0 Å². The molecule has 0 fully saturated rings. The van der Waals surface area contributed by atoms with Crippen molar-refractivity contribution in [3.63, 3.8) is 0 Å². The molecule has 0 aliphatic carbocycles.